The van der Waals surface area contributed by atoms with Crippen LogP contribution in [-0.4, -0.2) is 0 Å². The third-order valence-electron chi connectivity index (χ3n) is 11.0. The minimum absolute atomic E-state index is 0.0523. The van der Waals surface area contributed by atoms with Gasteiger partial charge >= 0.3 is 0 Å². The molecule has 1 heterocycles. The molecule has 10 rings (SSSR count). The van der Waals surface area contributed by atoms with Crippen LogP contribution in [0.4, 0.5) is 0 Å². The fourth-order valence-electron chi connectivity index (χ4n) is 8.84. The summed E-state index contributed by atoms with van der Waals surface area (Å²) >= 11 is 0. The largest absolute Gasteiger partial charge is 0.0772 e. The van der Waals surface area contributed by atoms with Gasteiger partial charge in [0.1, 0.15) is 0 Å². The Kier molecular flexibility index (Phi) is 6.15. The van der Waals surface area contributed by atoms with E-state index in [1.807, 2.05) is 0 Å². The molecule has 1 unspecified atom stereocenters. The van der Waals surface area contributed by atoms with Crippen molar-refractivity contribution >= 4 is 50.1 Å². The van der Waals surface area contributed by atoms with Gasteiger partial charge in [-0.05, 0) is 101 Å². The molecule has 0 amide bonds. The number of hydrogen-bond acceptors (Lipinski definition) is 0. The Morgan fingerprint density at radius 1 is 0.408 bits per heavy atom. The first kappa shape index (κ1) is 28.6. The molecule has 0 radical (unpaired) electrons. The Bertz CT molecular complexity index is 2790. The third-order valence-corrected chi connectivity index (χ3v) is 13.6. The minimum atomic E-state index is -0.594. The van der Waals surface area contributed by atoms with E-state index in [0.29, 0.717) is 0 Å². The normalized spacial score (nSPS) is 13.7. The van der Waals surface area contributed by atoms with E-state index in [0.717, 1.165) is 0 Å². The van der Waals surface area contributed by atoms with Crippen molar-refractivity contribution in [2.75, 3.05) is 0 Å². The van der Waals surface area contributed by atoms with E-state index in [2.05, 4.69) is 178 Å². The third kappa shape index (κ3) is 4.05. The summed E-state index contributed by atoms with van der Waals surface area (Å²) in [5.41, 5.74) is 12.0. The lowest BCUT2D eigenvalue weighted by Gasteiger charge is -2.23. The van der Waals surface area contributed by atoms with Gasteiger partial charge in [-0.2, -0.15) is 0 Å². The van der Waals surface area contributed by atoms with Crippen LogP contribution in [0, 0.1) is 6.92 Å². The zero-order valence-electron chi connectivity index (χ0n) is 28.0. The summed E-state index contributed by atoms with van der Waals surface area (Å²) in [7, 11) is -0.594. The van der Waals surface area contributed by atoms with Gasteiger partial charge in [-0.15, -0.1) is 0 Å². The predicted molar refractivity (Wildman–Crippen MR) is 214 cm³/mol. The van der Waals surface area contributed by atoms with Crippen molar-refractivity contribution in [3.05, 3.63) is 174 Å². The van der Waals surface area contributed by atoms with Gasteiger partial charge in [-0.3, -0.25) is 0 Å². The maximum atomic E-state index is 2.49. The number of hydrogen-bond donors (Lipinski definition) is 0. The Labute approximate surface area is 288 Å². The van der Waals surface area contributed by atoms with Crippen molar-refractivity contribution in [3.8, 4) is 38.7 Å². The number of fused-ring (bicyclic) bond motifs is 8. The fourth-order valence-corrected chi connectivity index (χ4v) is 11.4. The van der Waals surface area contributed by atoms with E-state index < -0.39 is 7.53 Å². The average molecular weight is 643 g/mol. The smallest absolute Gasteiger partial charge is 0.0159 e. The summed E-state index contributed by atoms with van der Waals surface area (Å²) in [6.45, 7) is 6.98. The first-order valence-electron chi connectivity index (χ1n) is 17.3. The second-order valence-corrected chi connectivity index (χ2v) is 16.3. The highest BCUT2D eigenvalue weighted by Gasteiger charge is 2.37. The summed E-state index contributed by atoms with van der Waals surface area (Å²) in [5, 5.41) is 12.3. The highest BCUT2D eigenvalue weighted by molar-refractivity contribution is 7.67. The van der Waals surface area contributed by atoms with Crippen LogP contribution in [-0.2, 0) is 5.41 Å². The number of aryl methyl sites for hydroxylation is 1. The number of benzene rings is 8. The van der Waals surface area contributed by atoms with Crippen molar-refractivity contribution in [1.29, 1.82) is 0 Å². The van der Waals surface area contributed by atoms with E-state index in [-0.39, 0.29) is 5.41 Å². The van der Waals surface area contributed by atoms with Crippen LogP contribution >= 0.6 is 7.53 Å². The van der Waals surface area contributed by atoms with Crippen LogP contribution < -0.4 is 0 Å². The van der Waals surface area contributed by atoms with Crippen molar-refractivity contribution in [3.63, 3.8) is 0 Å². The first-order chi connectivity index (χ1) is 24.0. The van der Waals surface area contributed by atoms with Crippen molar-refractivity contribution in [2.45, 2.75) is 26.2 Å². The zero-order chi connectivity index (χ0) is 32.9. The fraction of sp³-hybridized carbons (Fsp3) is 0.0833. The Balaban J connectivity index is 1.31. The van der Waals surface area contributed by atoms with Crippen LogP contribution in [0.15, 0.2) is 158 Å². The molecule has 232 valence electrons. The molecule has 0 nitrogen and oxygen atoms in total. The zero-order valence-corrected chi connectivity index (χ0v) is 28.9. The van der Waals surface area contributed by atoms with Crippen LogP contribution in [0.3, 0.4) is 0 Å². The molecular formula is C48H35P. The molecule has 0 fully saturated rings. The quantitative estimate of drug-likeness (QED) is 0.168. The Morgan fingerprint density at radius 3 is 1.88 bits per heavy atom. The molecule has 0 spiro atoms. The molecule has 49 heavy (non-hydrogen) atoms. The van der Waals surface area contributed by atoms with Crippen LogP contribution in [0.1, 0.15) is 30.5 Å². The summed E-state index contributed by atoms with van der Waals surface area (Å²) in [6.07, 6.45) is 0. The molecule has 0 bridgehead atoms. The molecule has 0 saturated carbocycles. The molecule has 1 aliphatic carbocycles. The molecule has 9 aromatic rings. The highest BCUT2D eigenvalue weighted by Crippen LogP contribution is 2.57. The van der Waals surface area contributed by atoms with Crippen molar-refractivity contribution in [1.82, 2.24) is 0 Å². The summed E-state index contributed by atoms with van der Waals surface area (Å²) in [5.74, 6) is 0. The van der Waals surface area contributed by atoms with Gasteiger partial charge in [0, 0.05) is 15.7 Å². The Morgan fingerprint density at radius 2 is 1.04 bits per heavy atom. The second-order valence-electron chi connectivity index (χ2n) is 14.2. The summed E-state index contributed by atoms with van der Waals surface area (Å²) in [4.78, 5) is 0. The van der Waals surface area contributed by atoms with Crippen LogP contribution in [0.2, 0.25) is 0 Å². The summed E-state index contributed by atoms with van der Waals surface area (Å²) in [6, 6.07) is 59.6. The van der Waals surface area contributed by atoms with Gasteiger partial charge in [0.05, 0.1) is 0 Å². The summed E-state index contributed by atoms with van der Waals surface area (Å²) < 4.78 is 0. The van der Waals surface area contributed by atoms with Gasteiger partial charge in [0.15, 0.2) is 0 Å². The average Bonchev–Trinajstić information content (AvgIpc) is 3.59. The molecule has 0 N–H and O–H groups in total. The molecule has 1 atom stereocenters. The van der Waals surface area contributed by atoms with Gasteiger partial charge < -0.3 is 0 Å². The van der Waals surface area contributed by atoms with E-state index in [4.69, 9.17) is 0 Å². The Hall–Kier alpha value is -5.42. The monoisotopic (exact) mass is 642 g/mol. The first-order valence-corrected chi connectivity index (χ1v) is 18.6. The minimum Gasteiger partial charge on any atom is -0.0772 e. The molecule has 0 saturated heterocycles. The molecule has 1 aliphatic rings. The van der Waals surface area contributed by atoms with Crippen molar-refractivity contribution in [2.24, 2.45) is 0 Å². The topological polar surface area (TPSA) is 0 Å². The van der Waals surface area contributed by atoms with Crippen molar-refractivity contribution < 1.29 is 0 Å². The molecule has 1 aromatic heterocycles. The maximum Gasteiger partial charge on any atom is 0.0159 e. The molecule has 0 aliphatic heterocycles. The van der Waals surface area contributed by atoms with Gasteiger partial charge in [-0.25, -0.2) is 0 Å². The standard InChI is InChI=1S/C48H35P/c1-30-24-26-36-40(28-30)46(38-20-13-22-42-47(38)37-19-9-11-21-41(37)48(42,2)3)35-18-8-7-17-34(35)45(36)31-25-27-44-39(29-31)33-16-10-12-23-43(33)49(44)32-14-5-4-6-15-32/h4-29H,1-3H3. The molecule has 8 aromatic carbocycles. The van der Waals surface area contributed by atoms with E-state index in [1.54, 1.807) is 0 Å². The molecule has 1 heteroatoms. The lowest BCUT2D eigenvalue weighted by Crippen LogP contribution is -2.14. The van der Waals surface area contributed by atoms with Crippen LogP contribution in [0.25, 0.3) is 81.2 Å². The number of rotatable bonds is 3. The molecular weight excluding hydrogens is 608 g/mol. The van der Waals surface area contributed by atoms with Gasteiger partial charge in [0.2, 0.25) is 0 Å². The maximum absolute atomic E-state index is 2.49. The lowest BCUT2D eigenvalue weighted by molar-refractivity contribution is 0.660. The van der Waals surface area contributed by atoms with E-state index in [1.165, 1.54) is 97.9 Å². The predicted octanol–water partition coefficient (Wildman–Crippen LogP) is 14.2. The highest BCUT2D eigenvalue weighted by atomic mass is 31.1. The van der Waals surface area contributed by atoms with Crippen LogP contribution in [0.5, 0.6) is 0 Å². The second kappa shape index (κ2) is 10.5. The lowest BCUT2D eigenvalue weighted by atomic mass is 9.80. The van der Waals surface area contributed by atoms with E-state index in [9.17, 15) is 0 Å². The van der Waals surface area contributed by atoms with Gasteiger partial charge in [-0.1, -0.05) is 173 Å². The van der Waals surface area contributed by atoms with Gasteiger partial charge in [0.25, 0.3) is 0 Å². The SMILES string of the molecule is Cc1ccc2c(-c3ccc4c(c3)c3ccccc3p4-c3ccccc3)c3ccccc3c(-c3cccc4c3-c3ccccc3C4(C)C)c2c1. The van der Waals surface area contributed by atoms with E-state index >= 15 is 0 Å².